The molecule has 0 aliphatic heterocycles. The number of hydrogen-bond acceptors (Lipinski definition) is 3. The Hall–Kier alpha value is -4.12. The summed E-state index contributed by atoms with van der Waals surface area (Å²) in [6, 6.07) is 27.1. The zero-order chi connectivity index (χ0) is 21.5. The summed E-state index contributed by atoms with van der Waals surface area (Å²) in [4.78, 5) is 12.6. The van der Waals surface area contributed by atoms with Gasteiger partial charge in [-0.05, 0) is 66.6 Å². The van der Waals surface area contributed by atoms with Crippen molar-refractivity contribution in [3.63, 3.8) is 0 Å². The van der Waals surface area contributed by atoms with Gasteiger partial charge < -0.3 is 9.30 Å². The van der Waals surface area contributed by atoms with Crippen LogP contribution < -0.4 is 10.2 Å². The summed E-state index contributed by atoms with van der Waals surface area (Å²) in [5.41, 5.74) is 7.17. The summed E-state index contributed by atoms with van der Waals surface area (Å²) in [6.07, 6.45) is 5.41. The Kier molecular flexibility index (Phi) is 6.24. The third-order valence-corrected chi connectivity index (χ3v) is 4.82. The van der Waals surface area contributed by atoms with Gasteiger partial charge in [0, 0.05) is 12.4 Å². The molecule has 4 aromatic rings. The van der Waals surface area contributed by atoms with Crippen molar-refractivity contribution in [3.8, 4) is 11.4 Å². The predicted molar refractivity (Wildman–Crippen MR) is 123 cm³/mol. The molecule has 0 spiro atoms. The third kappa shape index (κ3) is 5.28. The van der Waals surface area contributed by atoms with E-state index in [-0.39, 0.29) is 5.91 Å². The summed E-state index contributed by atoms with van der Waals surface area (Å²) in [7, 11) is 0. The van der Waals surface area contributed by atoms with Gasteiger partial charge in [-0.15, -0.1) is 0 Å². The minimum absolute atomic E-state index is 0.265. The number of aromatic nitrogens is 1. The molecular weight excluding hydrogens is 386 g/mol. The monoisotopic (exact) mass is 409 g/mol. The highest BCUT2D eigenvalue weighted by Gasteiger charge is 2.10. The Morgan fingerprint density at radius 2 is 1.65 bits per heavy atom. The lowest BCUT2D eigenvalue weighted by Crippen LogP contribution is -2.19. The summed E-state index contributed by atoms with van der Waals surface area (Å²) in [5, 5.41) is 4.10. The number of amides is 1. The van der Waals surface area contributed by atoms with E-state index in [4.69, 9.17) is 4.74 Å². The molecule has 3 aromatic carbocycles. The summed E-state index contributed by atoms with van der Waals surface area (Å²) < 4.78 is 7.72. The fraction of sp³-hybridized carbons (Fsp3) is 0.0769. The number of hydrogen-bond donors (Lipinski definition) is 1. The molecule has 0 atom stereocenters. The maximum atomic E-state index is 12.6. The van der Waals surface area contributed by atoms with Crippen molar-refractivity contribution in [3.05, 3.63) is 120 Å². The van der Waals surface area contributed by atoms with Crippen LogP contribution in [0.1, 0.15) is 27.0 Å². The first-order chi connectivity index (χ1) is 15.2. The summed E-state index contributed by atoms with van der Waals surface area (Å²) in [6.45, 7) is 2.58. The van der Waals surface area contributed by atoms with Crippen LogP contribution >= 0.6 is 0 Å². The van der Waals surface area contributed by atoms with Crippen LogP contribution in [-0.4, -0.2) is 16.7 Å². The van der Waals surface area contributed by atoms with Crippen LogP contribution in [0.2, 0.25) is 0 Å². The Morgan fingerprint density at radius 3 is 2.39 bits per heavy atom. The molecule has 1 N–H and O–H groups in total. The lowest BCUT2D eigenvalue weighted by molar-refractivity contribution is 0.0955. The van der Waals surface area contributed by atoms with E-state index in [1.54, 1.807) is 12.3 Å². The molecular formula is C26H23N3O2. The van der Waals surface area contributed by atoms with Gasteiger partial charge in [0.15, 0.2) is 0 Å². The van der Waals surface area contributed by atoms with Crippen LogP contribution in [0.3, 0.4) is 0 Å². The second-order valence-corrected chi connectivity index (χ2v) is 7.15. The highest BCUT2D eigenvalue weighted by atomic mass is 16.5. The molecule has 0 unspecified atom stereocenters. The number of ether oxygens (including phenoxy) is 1. The van der Waals surface area contributed by atoms with Crippen molar-refractivity contribution in [2.24, 2.45) is 5.10 Å². The van der Waals surface area contributed by atoms with E-state index in [0.29, 0.717) is 12.2 Å². The lowest BCUT2D eigenvalue weighted by atomic mass is 10.1. The molecule has 154 valence electrons. The van der Waals surface area contributed by atoms with Gasteiger partial charge in [-0.3, -0.25) is 4.79 Å². The van der Waals surface area contributed by atoms with Crippen molar-refractivity contribution in [2.45, 2.75) is 13.5 Å². The van der Waals surface area contributed by atoms with Gasteiger partial charge in [-0.1, -0.05) is 42.0 Å². The Balaban J connectivity index is 1.34. The molecule has 5 nitrogen and oxygen atoms in total. The molecule has 0 radical (unpaired) electrons. The number of carbonyl (C=O) groups is 1. The number of carbonyl (C=O) groups excluding carboxylic acids is 1. The number of nitrogens with one attached hydrogen (secondary N) is 1. The van der Waals surface area contributed by atoms with Crippen LogP contribution in [0.15, 0.2) is 102 Å². The number of benzene rings is 3. The van der Waals surface area contributed by atoms with Crippen molar-refractivity contribution in [1.82, 2.24) is 9.99 Å². The molecule has 0 aliphatic carbocycles. The van der Waals surface area contributed by atoms with Crippen molar-refractivity contribution in [1.29, 1.82) is 0 Å². The standard InChI is InChI=1S/C26H23N3O2/c1-20-8-10-22(11-9-20)19-31-23-14-12-21(13-15-23)18-27-28-26(30)24-6-2-3-7-25(24)29-16-4-5-17-29/h2-18H,19H2,1H3,(H,28,30)/b27-18-. The average molecular weight is 409 g/mol. The number of nitrogens with zero attached hydrogens (tertiary/aromatic N) is 2. The summed E-state index contributed by atoms with van der Waals surface area (Å²) in [5.74, 6) is 0.515. The van der Waals surface area contributed by atoms with Crippen LogP contribution in [0, 0.1) is 6.92 Å². The second kappa shape index (κ2) is 9.59. The molecule has 5 heteroatoms. The maximum Gasteiger partial charge on any atom is 0.273 e. The lowest BCUT2D eigenvalue weighted by Gasteiger charge is -2.09. The van der Waals surface area contributed by atoms with Gasteiger partial charge in [0.2, 0.25) is 0 Å². The van der Waals surface area contributed by atoms with Gasteiger partial charge in [0.05, 0.1) is 17.5 Å². The van der Waals surface area contributed by atoms with E-state index >= 15 is 0 Å². The Labute approximate surface area is 181 Å². The third-order valence-electron chi connectivity index (χ3n) is 4.82. The van der Waals surface area contributed by atoms with Gasteiger partial charge >= 0.3 is 0 Å². The fourth-order valence-corrected chi connectivity index (χ4v) is 3.11. The van der Waals surface area contributed by atoms with E-state index in [0.717, 1.165) is 22.6 Å². The van der Waals surface area contributed by atoms with E-state index in [1.165, 1.54) is 5.56 Å². The van der Waals surface area contributed by atoms with E-state index in [9.17, 15) is 4.79 Å². The predicted octanol–water partition coefficient (Wildman–Crippen LogP) is 5.13. The normalized spacial score (nSPS) is 10.9. The topological polar surface area (TPSA) is 55.6 Å². The molecule has 4 rings (SSSR count). The van der Waals surface area contributed by atoms with Gasteiger partial charge in [0.25, 0.3) is 5.91 Å². The smallest absolute Gasteiger partial charge is 0.273 e. The SMILES string of the molecule is Cc1ccc(COc2ccc(/C=N\NC(=O)c3ccccc3-n3cccc3)cc2)cc1. The first kappa shape index (κ1) is 20.2. The van der Waals surface area contributed by atoms with Gasteiger partial charge in [-0.2, -0.15) is 5.10 Å². The van der Waals surface area contributed by atoms with Crippen molar-refractivity contribution >= 4 is 12.1 Å². The number of rotatable bonds is 7. The molecule has 1 heterocycles. The minimum atomic E-state index is -0.265. The van der Waals surface area contributed by atoms with Gasteiger partial charge in [0.1, 0.15) is 12.4 Å². The molecule has 0 bridgehead atoms. The van der Waals surface area contributed by atoms with Gasteiger partial charge in [-0.25, -0.2) is 5.43 Å². The van der Waals surface area contributed by atoms with Crippen LogP contribution in [0.25, 0.3) is 5.69 Å². The molecule has 1 aromatic heterocycles. The second-order valence-electron chi connectivity index (χ2n) is 7.15. The van der Waals surface area contributed by atoms with Crippen LogP contribution in [0.5, 0.6) is 5.75 Å². The number of para-hydroxylation sites is 1. The van der Waals surface area contributed by atoms with E-state index in [1.807, 2.05) is 71.6 Å². The van der Waals surface area contributed by atoms with Crippen molar-refractivity contribution in [2.75, 3.05) is 0 Å². The maximum absolute atomic E-state index is 12.6. The zero-order valence-electron chi connectivity index (χ0n) is 17.2. The summed E-state index contributed by atoms with van der Waals surface area (Å²) >= 11 is 0. The first-order valence-corrected chi connectivity index (χ1v) is 10.0. The molecule has 1 amide bonds. The van der Waals surface area contributed by atoms with E-state index < -0.39 is 0 Å². The largest absolute Gasteiger partial charge is 0.489 e. The number of aryl methyl sites for hydroxylation is 1. The molecule has 0 fully saturated rings. The Bertz CT molecular complexity index is 1160. The van der Waals surface area contributed by atoms with Crippen LogP contribution in [-0.2, 0) is 6.61 Å². The highest BCUT2D eigenvalue weighted by molar-refractivity contribution is 5.98. The molecule has 0 saturated carbocycles. The molecule has 0 saturated heterocycles. The first-order valence-electron chi connectivity index (χ1n) is 10.0. The Morgan fingerprint density at radius 1 is 0.935 bits per heavy atom. The minimum Gasteiger partial charge on any atom is -0.489 e. The van der Waals surface area contributed by atoms with Crippen molar-refractivity contribution < 1.29 is 9.53 Å². The average Bonchev–Trinajstić information content (AvgIpc) is 3.34. The quantitative estimate of drug-likeness (QED) is 0.340. The fourth-order valence-electron chi connectivity index (χ4n) is 3.11. The molecule has 0 aliphatic rings. The van der Waals surface area contributed by atoms with Crippen LogP contribution in [0.4, 0.5) is 0 Å². The number of hydrazone groups is 1. The highest BCUT2D eigenvalue weighted by Crippen LogP contribution is 2.15. The molecule has 31 heavy (non-hydrogen) atoms. The zero-order valence-corrected chi connectivity index (χ0v) is 17.2. The van der Waals surface area contributed by atoms with E-state index in [2.05, 4.69) is 41.7 Å².